The fourth-order valence-electron chi connectivity index (χ4n) is 2.79. The maximum absolute atomic E-state index is 13.5. The standard InChI is InChI=1S/C18H21FN4O2/c19-16-5-2-1-4-15(16)13-25-18(24)23-10-6-14(7-11-23)12-22-17-20-8-3-9-21-17/h1-5,8-9,14H,6-7,10-13H2,(H,20,21,22). The monoisotopic (exact) mass is 344 g/mol. The molecule has 2 aromatic rings. The molecule has 0 unspecified atom stereocenters. The van der Waals surface area contributed by atoms with Crippen LogP contribution in [0.1, 0.15) is 18.4 Å². The molecule has 0 aliphatic carbocycles. The molecule has 1 aromatic carbocycles. The first-order valence-electron chi connectivity index (χ1n) is 8.38. The number of piperidine rings is 1. The van der Waals surface area contributed by atoms with Gasteiger partial charge in [-0.15, -0.1) is 0 Å². The van der Waals surface area contributed by atoms with Gasteiger partial charge in [-0.3, -0.25) is 0 Å². The topological polar surface area (TPSA) is 67.3 Å². The maximum atomic E-state index is 13.5. The molecule has 1 saturated heterocycles. The second kappa shape index (κ2) is 8.41. The number of anilines is 1. The lowest BCUT2D eigenvalue weighted by Crippen LogP contribution is -2.40. The molecule has 25 heavy (non-hydrogen) atoms. The van der Waals surface area contributed by atoms with Crippen molar-refractivity contribution in [1.82, 2.24) is 14.9 Å². The summed E-state index contributed by atoms with van der Waals surface area (Å²) in [5.41, 5.74) is 0.387. The van der Waals surface area contributed by atoms with Crippen molar-refractivity contribution in [2.24, 2.45) is 5.92 Å². The molecule has 0 saturated carbocycles. The van der Waals surface area contributed by atoms with Gasteiger partial charge in [0.2, 0.25) is 5.95 Å². The van der Waals surface area contributed by atoms with E-state index in [0.717, 1.165) is 19.4 Å². The molecule has 1 N–H and O–H groups in total. The third-order valence-electron chi connectivity index (χ3n) is 4.30. The molecular formula is C18H21FN4O2. The maximum Gasteiger partial charge on any atom is 0.410 e. The number of nitrogens with one attached hydrogen (secondary N) is 1. The first-order chi connectivity index (χ1) is 12.2. The molecule has 2 heterocycles. The van der Waals surface area contributed by atoms with Crippen molar-refractivity contribution in [2.45, 2.75) is 19.4 Å². The van der Waals surface area contributed by atoms with Crippen LogP contribution < -0.4 is 5.32 Å². The number of hydrogen-bond acceptors (Lipinski definition) is 5. The van der Waals surface area contributed by atoms with Crippen molar-refractivity contribution in [3.8, 4) is 0 Å². The summed E-state index contributed by atoms with van der Waals surface area (Å²) >= 11 is 0. The molecule has 0 atom stereocenters. The van der Waals surface area contributed by atoms with Crippen LogP contribution in [-0.2, 0) is 11.3 Å². The van der Waals surface area contributed by atoms with Crippen LogP contribution in [0.2, 0.25) is 0 Å². The van der Waals surface area contributed by atoms with Crippen molar-refractivity contribution >= 4 is 12.0 Å². The van der Waals surface area contributed by atoms with E-state index in [4.69, 9.17) is 4.74 Å². The van der Waals surface area contributed by atoms with Gasteiger partial charge in [0.25, 0.3) is 0 Å². The van der Waals surface area contributed by atoms with Crippen LogP contribution in [-0.4, -0.2) is 40.6 Å². The highest BCUT2D eigenvalue weighted by atomic mass is 19.1. The third kappa shape index (κ3) is 4.89. The van der Waals surface area contributed by atoms with Crippen molar-refractivity contribution in [3.05, 3.63) is 54.1 Å². The van der Waals surface area contributed by atoms with Crippen molar-refractivity contribution in [1.29, 1.82) is 0 Å². The first-order valence-corrected chi connectivity index (χ1v) is 8.38. The van der Waals surface area contributed by atoms with E-state index < -0.39 is 0 Å². The number of aromatic nitrogens is 2. The Labute approximate surface area is 146 Å². The Morgan fingerprint density at radius 2 is 1.92 bits per heavy atom. The number of carbonyl (C=O) groups is 1. The zero-order valence-electron chi connectivity index (χ0n) is 13.9. The van der Waals surface area contributed by atoms with E-state index in [2.05, 4.69) is 15.3 Å². The number of halogens is 1. The summed E-state index contributed by atoms with van der Waals surface area (Å²) in [6.45, 7) is 2.01. The van der Waals surface area contributed by atoms with Crippen LogP contribution in [0.5, 0.6) is 0 Å². The second-order valence-corrected chi connectivity index (χ2v) is 6.03. The Morgan fingerprint density at radius 1 is 1.20 bits per heavy atom. The van der Waals surface area contributed by atoms with Crippen molar-refractivity contribution in [2.75, 3.05) is 25.0 Å². The van der Waals surface area contributed by atoms with Gasteiger partial charge in [0.05, 0.1) is 0 Å². The zero-order valence-corrected chi connectivity index (χ0v) is 13.9. The lowest BCUT2D eigenvalue weighted by molar-refractivity contribution is 0.0824. The van der Waals surface area contributed by atoms with Gasteiger partial charge in [-0.2, -0.15) is 0 Å². The highest BCUT2D eigenvalue weighted by Crippen LogP contribution is 2.18. The predicted molar refractivity (Wildman–Crippen MR) is 91.4 cm³/mol. The normalized spacial score (nSPS) is 15.0. The highest BCUT2D eigenvalue weighted by molar-refractivity contribution is 5.67. The number of nitrogens with zero attached hydrogens (tertiary/aromatic N) is 3. The fourth-order valence-corrected chi connectivity index (χ4v) is 2.79. The van der Waals surface area contributed by atoms with E-state index in [0.29, 0.717) is 30.5 Å². The van der Waals surface area contributed by atoms with E-state index >= 15 is 0 Å². The Kier molecular flexibility index (Phi) is 5.77. The van der Waals surface area contributed by atoms with Crippen LogP contribution >= 0.6 is 0 Å². The Bertz CT molecular complexity index is 690. The first kappa shape index (κ1) is 17.1. The van der Waals surface area contributed by atoms with Gasteiger partial charge >= 0.3 is 6.09 Å². The van der Waals surface area contributed by atoms with Crippen LogP contribution in [0.25, 0.3) is 0 Å². The third-order valence-corrected chi connectivity index (χ3v) is 4.30. The number of benzene rings is 1. The fraction of sp³-hybridized carbons (Fsp3) is 0.389. The summed E-state index contributed by atoms with van der Waals surface area (Å²) in [7, 11) is 0. The van der Waals surface area contributed by atoms with Gasteiger partial charge in [-0.1, -0.05) is 18.2 Å². The van der Waals surface area contributed by atoms with Crippen molar-refractivity contribution < 1.29 is 13.9 Å². The molecule has 6 nitrogen and oxygen atoms in total. The minimum Gasteiger partial charge on any atom is -0.444 e. The van der Waals surface area contributed by atoms with Gasteiger partial charge in [-0.05, 0) is 30.9 Å². The molecule has 0 spiro atoms. The van der Waals surface area contributed by atoms with Crippen LogP contribution in [0.4, 0.5) is 15.1 Å². The molecule has 1 aliphatic rings. The Morgan fingerprint density at radius 3 is 2.64 bits per heavy atom. The molecule has 1 fully saturated rings. The van der Waals surface area contributed by atoms with Gasteiger partial charge in [-0.25, -0.2) is 19.2 Å². The minimum atomic E-state index is -0.388. The number of rotatable bonds is 5. The van der Waals surface area contributed by atoms with E-state index in [1.165, 1.54) is 6.07 Å². The average Bonchev–Trinajstić information content (AvgIpc) is 2.67. The largest absolute Gasteiger partial charge is 0.444 e. The molecule has 1 aliphatic heterocycles. The molecule has 0 radical (unpaired) electrons. The number of ether oxygens (including phenoxy) is 1. The van der Waals surface area contributed by atoms with E-state index in [9.17, 15) is 9.18 Å². The van der Waals surface area contributed by atoms with Gasteiger partial charge in [0, 0.05) is 37.6 Å². The summed E-state index contributed by atoms with van der Waals surface area (Å²) < 4.78 is 18.8. The van der Waals surface area contributed by atoms with Gasteiger partial charge in [0.1, 0.15) is 12.4 Å². The molecular weight excluding hydrogens is 323 g/mol. The van der Waals surface area contributed by atoms with E-state index in [-0.39, 0.29) is 18.5 Å². The lowest BCUT2D eigenvalue weighted by Gasteiger charge is -2.31. The number of carbonyl (C=O) groups excluding carboxylic acids is 1. The molecule has 1 aromatic heterocycles. The predicted octanol–water partition coefficient (Wildman–Crippen LogP) is 3.08. The molecule has 7 heteroatoms. The van der Waals surface area contributed by atoms with Gasteiger partial charge in [0.15, 0.2) is 0 Å². The quantitative estimate of drug-likeness (QED) is 0.903. The van der Waals surface area contributed by atoms with E-state index in [1.807, 2.05) is 0 Å². The van der Waals surface area contributed by atoms with Crippen LogP contribution in [0, 0.1) is 11.7 Å². The minimum absolute atomic E-state index is 0.0433. The summed E-state index contributed by atoms with van der Waals surface area (Å²) in [6, 6.07) is 8.09. The van der Waals surface area contributed by atoms with Crippen LogP contribution in [0.3, 0.4) is 0 Å². The lowest BCUT2D eigenvalue weighted by atomic mass is 9.97. The SMILES string of the molecule is O=C(OCc1ccccc1F)N1CCC(CNc2ncccn2)CC1. The van der Waals surface area contributed by atoms with Crippen LogP contribution in [0.15, 0.2) is 42.7 Å². The summed E-state index contributed by atoms with van der Waals surface area (Å²) in [6.07, 6.45) is 4.78. The van der Waals surface area contributed by atoms with Gasteiger partial charge < -0.3 is 15.0 Å². The zero-order chi connectivity index (χ0) is 17.5. The van der Waals surface area contributed by atoms with Crippen molar-refractivity contribution in [3.63, 3.8) is 0 Å². The highest BCUT2D eigenvalue weighted by Gasteiger charge is 2.24. The Balaban J connectivity index is 1.39. The number of hydrogen-bond donors (Lipinski definition) is 1. The second-order valence-electron chi connectivity index (χ2n) is 6.03. The molecule has 3 rings (SSSR count). The average molecular weight is 344 g/mol. The number of likely N-dealkylation sites (tertiary alicyclic amines) is 1. The molecule has 0 bridgehead atoms. The molecule has 132 valence electrons. The summed E-state index contributed by atoms with van der Waals surface area (Å²) in [5, 5.41) is 3.21. The summed E-state index contributed by atoms with van der Waals surface area (Å²) in [5.74, 6) is 0.719. The number of amides is 1. The summed E-state index contributed by atoms with van der Waals surface area (Å²) in [4.78, 5) is 22.0. The van der Waals surface area contributed by atoms with E-state index in [1.54, 1.807) is 41.6 Å². The Hall–Kier alpha value is -2.70. The smallest absolute Gasteiger partial charge is 0.410 e. The molecule has 1 amide bonds.